The highest BCUT2D eigenvalue weighted by Crippen LogP contribution is 2.21. The maximum atomic E-state index is 4.79. The van der Waals surface area contributed by atoms with Crippen molar-refractivity contribution in [2.45, 2.75) is 71.6 Å². The number of piperazine rings is 1. The summed E-state index contributed by atoms with van der Waals surface area (Å²) in [6.45, 7) is 14.4. The fraction of sp³-hybridized carbons (Fsp3) is 0.812. The Labute approximate surface area is 123 Å². The Morgan fingerprint density at radius 2 is 2.10 bits per heavy atom. The van der Waals surface area contributed by atoms with Crippen molar-refractivity contribution in [3.63, 3.8) is 0 Å². The summed E-state index contributed by atoms with van der Waals surface area (Å²) in [5.74, 6) is 0. The summed E-state index contributed by atoms with van der Waals surface area (Å²) in [5.41, 5.74) is 1.39. The molecule has 4 heteroatoms. The standard InChI is InChI=1S/C16H30N4/c1-6-15(7-2)20-9-8-14(18-20)11-19-10-13(3)17-12-16(19,4)5/h8-9,13,15,17H,6-7,10-12H2,1-5H3. The summed E-state index contributed by atoms with van der Waals surface area (Å²) in [4.78, 5) is 2.55. The van der Waals surface area contributed by atoms with Crippen LogP contribution >= 0.6 is 0 Å². The molecule has 0 amide bonds. The average molecular weight is 278 g/mol. The van der Waals surface area contributed by atoms with Crippen LogP contribution in [-0.2, 0) is 6.54 Å². The highest BCUT2D eigenvalue weighted by atomic mass is 15.3. The largest absolute Gasteiger partial charge is 0.311 e. The highest BCUT2D eigenvalue weighted by molar-refractivity contribution is 5.03. The molecule has 114 valence electrons. The van der Waals surface area contributed by atoms with Crippen molar-refractivity contribution in [1.29, 1.82) is 0 Å². The predicted molar refractivity (Wildman–Crippen MR) is 83.8 cm³/mol. The van der Waals surface area contributed by atoms with Crippen molar-refractivity contribution < 1.29 is 0 Å². The van der Waals surface area contributed by atoms with Gasteiger partial charge in [-0.25, -0.2) is 0 Å². The summed E-state index contributed by atoms with van der Waals surface area (Å²) < 4.78 is 2.15. The zero-order valence-corrected chi connectivity index (χ0v) is 13.7. The third-order valence-corrected chi connectivity index (χ3v) is 4.57. The number of nitrogens with zero attached hydrogens (tertiary/aromatic N) is 3. The first-order chi connectivity index (χ1) is 9.46. The van der Waals surface area contributed by atoms with Crippen LogP contribution in [0.4, 0.5) is 0 Å². The minimum atomic E-state index is 0.200. The lowest BCUT2D eigenvalue weighted by Crippen LogP contribution is -2.60. The quantitative estimate of drug-likeness (QED) is 0.899. The Kier molecular flexibility index (Phi) is 4.86. The van der Waals surface area contributed by atoms with Crippen molar-refractivity contribution in [1.82, 2.24) is 20.0 Å². The second kappa shape index (κ2) is 6.27. The minimum absolute atomic E-state index is 0.200. The third-order valence-electron chi connectivity index (χ3n) is 4.57. The van der Waals surface area contributed by atoms with Crippen LogP contribution in [0, 0.1) is 0 Å². The molecule has 2 heterocycles. The number of rotatable bonds is 5. The lowest BCUT2D eigenvalue weighted by atomic mass is 9.97. The lowest BCUT2D eigenvalue weighted by Gasteiger charge is -2.45. The van der Waals surface area contributed by atoms with E-state index in [0.717, 1.165) is 32.5 Å². The van der Waals surface area contributed by atoms with Crippen molar-refractivity contribution in [3.8, 4) is 0 Å². The first kappa shape index (κ1) is 15.5. The molecule has 1 N–H and O–H groups in total. The maximum Gasteiger partial charge on any atom is 0.0765 e. The van der Waals surface area contributed by atoms with Crippen LogP contribution in [-0.4, -0.2) is 39.4 Å². The normalized spacial score (nSPS) is 23.4. The van der Waals surface area contributed by atoms with Crippen LogP contribution in [0.1, 0.15) is 59.2 Å². The molecule has 0 aliphatic carbocycles. The lowest BCUT2D eigenvalue weighted by molar-refractivity contribution is 0.0612. The molecule has 1 aliphatic heterocycles. The monoisotopic (exact) mass is 278 g/mol. The van der Waals surface area contributed by atoms with Gasteiger partial charge in [-0.3, -0.25) is 9.58 Å². The molecule has 1 saturated heterocycles. The average Bonchev–Trinajstić information content (AvgIpc) is 2.84. The molecule has 1 fully saturated rings. The van der Waals surface area contributed by atoms with Gasteiger partial charge in [0.15, 0.2) is 0 Å². The third kappa shape index (κ3) is 3.41. The van der Waals surface area contributed by atoms with Crippen LogP contribution in [0.3, 0.4) is 0 Å². The first-order valence-electron chi connectivity index (χ1n) is 7.98. The van der Waals surface area contributed by atoms with Crippen molar-refractivity contribution >= 4 is 0 Å². The van der Waals surface area contributed by atoms with E-state index in [1.807, 2.05) is 0 Å². The zero-order chi connectivity index (χ0) is 14.8. The van der Waals surface area contributed by atoms with Gasteiger partial charge in [-0.1, -0.05) is 13.8 Å². The van der Waals surface area contributed by atoms with E-state index in [1.54, 1.807) is 0 Å². The van der Waals surface area contributed by atoms with E-state index in [9.17, 15) is 0 Å². The molecular weight excluding hydrogens is 248 g/mol. The van der Waals surface area contributed by atoms with E-state index in [-0.39, 0.29) is 5.54 Å². The van der Waals surface area contributed by atoms with Gasteiger partial charge in [-0.15, -0.1) is 0 Å². The van der Waals surface area contributed by atoms with Crippen LogP contribution in [0.2, 0.25) is 0 Å². The number of hydrogen-bond donors (Lipinski definition) is 1. The molecule has 0 aromatic carbocycles. The van der Waals surface area contributed by atoms with E-state index in [0.29, 0.717) is 12.1 Å². The highest BCUT2D eigenvalue weighted by Gasteiger charge is 2.32. The Morgan fingerprint density at radius 3 is 2.75 bits per heavy atom. The molecule has 0 bridgehead atoms. The van der Waals surface area contributed by atoms with Gasteiger partial charge in [-0.2, -0.15) is 5.10 Å². The molecule has 1 atom stereocenters. The van der Waals surface area contributed by atoms with Gasteiger partial charge < -0.3 is 5.32 Å². The van der Waals surface area contributed by atoms with Crippen LogP contribution < -0.4 is 5.32 Å². The van der Waals surface area contributed by atoms with Crippen molar-refractivity contribution in [2.24, 2.45) is 0 Å². The fourth-order valence-corrected chi connectivity index (χ4v) is 2.98. The van der Waals surface area contributed by atoms with Gasteiger partial charge in [0.1, 0.15) is 0 Å². The first-order valence-corrected chi connectivity index (χ1v) is 7.98. The Balaban J connectivity index is 2.05. The molecule has 2 rings (SSSR count). The van der Waals surface area contributed by atoms with Gasteiger partial charge in [-0.05, 0) is 39.7 Å². The minimum Gasteiger partial charge on any atom is -0.311 e. The molecule has 1 unspecified atom stereocenters. The van der Waals surface area contributed by atoms with E-state index in [1.165, 1.54) is 5.69 Å². The molecule has 0 spiro atoms. The molecule has 1 aromatic heterocycles. The summed E-state index contributed by atoms with van der Waals surface area (Å²) >= 11 is 0. The summed E-state index contributed by atoms with van der Waals surface area (Å²) in [6, 6.07) is 3.28. The van der Waals surface area contributed by atoms with Gasteiger partial charge in [0.25, 0.3) is 0 Å². The molecule has 0 saturated carbocycles. The molecule has 1 aliphatic rings. The SMILES string of the molecule is CCC(CC)n1ccc(CN2CC(C)NCC2(C)C)n1. The van der Waals surface area contributed by atoms with Gasteiger partial charge in [0.2, 0.25) is 0 Å². The van der Waals surface area contributed by atoms with E-state index < -0.39 is 0 Å². The van der Waals surface area contributed by atoms with Gasteiger partial charge in [0.05, 0.1) is 11.7 Å². The van der Waals surface area contributed by atoms with Crippen LogP contribution in [0.15, 0.2) is 12.3 Å². The molecule has 0 radical (unpaired) electrons. The molecule has 4 nitrogen and oxygen atoms in total. The zero-order valence-electron chi connectivity index (χ0n) is 13.7. The second-order valence-electron chi connectivity index (χ2n) is 6.73. The number of hydrogen-bond acceptors (Lipinski definition) is 3. The van der Waals surface area contributed by atoms with E-state index in [2.05, 4.69) is 61.8 Å². The maximum absolute atomic E-state index is 4.79. The summed E-state index contributed by atoms with van der Waals surface area (Å²) in [7, 11) is 0. The number of aromatic nitrogens is 2. The van der Waals surface area contributed by atoms with Crippen molar-refractivity contribution in [3.05, 3.63) is 18.0 Å². The Bertz CT molecular complexity index is 420. The smallest absolute Gasteiger partial charge is 0.0765 e. The second-order valence-corrected chi connectivity index (χ2v) is 6.73. The summed E-state index contributed by atoms with van der Waals surface area (Å²) in [5, 5.41) is 8.35. The predicted octanol–water partition coefficient (Wildman–Crippen LogP) is 2.82. The van der Waals surface area contributed by atoms with Gasteiger partial charge in [0, 0.05) is 37.4 Å². The topological polar surface area (TPSA) is 33.1 Å². The molecule has 20 heavy (non-hydrogen) atoms. The Hall–Kier alpha value is -0.870. The Morgan fingerprint density at radius 1 is 1.40 bits per heavy atom. The van der Waals surface area contributed by atoms with E-state index >= 15 is 0 Å². The summed E-state index contributed by atoms with van der Waals surface area (Å²) in [6.07, 6.45) is 4.44. The fourth-order valence-electron chi connectivity index (χ4n) is 2.98. The molecule has 1 aromatic rings. The van der Waals surface area contributed by atoms with E-state index in [4.69, 9.17) is 5.10 Å². The molecular formula is C16H30N4. The number of nitrogens with one attached hydrogen (secondary N) is 1. The van der Waals surface area contributed by atoms with Gasteiger partial charge >= 0.3 is 0 Å². The van der Waals surface area contributed by atoms with Crippen LogP contribution in [0.5, 0.6) is 0 Å². The van der Waals surface area contributed by atoms with Crippen LogP contribution in [0.25, 0.3) is 0 Å². The van der Waals surface area contributed by atoms with Crippen molar-refractivity contribution in [2.75, 3.05) is 13.1 Å².